The molecule has 3 aliphatic rings. The Morgan fingerprint density at radius 3 is 2.51 bits per heavy atom. The minimum Gasteiger partial charge on any atom is -0.488 e. The number of anilines is 1. The number of ether oxygens (including phenoxy) is 2. The molecule has 2 heterocycles. The van der Waals surface area contributed by atoms with Crippen LogP contribution in [0.25, 0.3) is 0 Å². The summed E-state index contributed by atoms with van der Waals surface area (Å²) in [7, 11) is 0. The average molecular weight is 641 g/mol. The second-order valence-corrected chi connectivity index (χ2v) is 11.7. The molecule has 2 aromatic rings. The number of rotatable bonds is 8. The average Bonchev–Trinajstić information content (AvgIpc) is 3.33. The SMILES string of the molecule is O=C(COC1CCC(Nc2ccc([N+](=O)[O-])c(C(F)(F)F)c2)CC1)N1CCN(CC2Cc3cc(Br)ccc3O2)CC1. The quantitative estimate of drug-likeness (QED) is 0.310. The molecule has 2 fully saturated rings. The van der Waals surface area contributed by atoms with Crippen molar-refractivity contribution in [1.82, 2.24) is 9.80 Å². The van der Waals surface area contributed by atoms with Crippen molar-refractivity contribution in [3.8, 4) is 5.75 Å². The Morgan fingerprint density at radius 1 is 1.10 bits per heavy atom. The van der Waals surface area contributed by atoms with Crippen LogP contribution in [0.1, 0.15) is 36.8 Å². The lowest BCUT2D eigenvalue weighted by atomic mass is 9.92. The van der Waals surface area contributed by atoms with Gasteiger partial charge in [-0.15, -0.1) is 0 Å². The first-order valence-corrected chi connectivity index (χ1v) is 14.5. The van der Waals surface area contributed by atoms with Gasteiger partial charge in [0.1, 0.15) is 24.0 Å². The standard InChI is InChI=1S/C28H32BrF3N4O5/c29-19-1-8-26-18(13-19)14-23(41-26)16-34-9-11-35(12-10-34)27(37)17-40-22-5-2-20(3-6-22)33-21-4-7-25(36(38)39)24(15-21)28(30,31)32/h1,4,7-8,13,15,20,22-23,33H,2-3,5-6,9-12,14,16-17H2. The maximum absolute atomic E-state index is 13.3. The van der Waals surface area contributed by atoms with Gasteiger partial charge < -0.3 is 19.7 Å². The highest BCUT2D eigenvalue weighted by Gasteiger charge is 2.38. The van der Waals surface area contributed by atoms with Crippen LogP contribution in [0.3, 0.4) is 0 Å². The Hall–Kier alpha value is -2.90. The van der Waals surface area contributed by atoms with E-state index in [2.05, 4.69) is 32.2 Å². The van der Waals surface area contributed by atoms with Gasteiger partial charge in [0.15, 0.2) is 0 Å². The fourth-order valence-corrected chi connectivity index (χ4v) is 6.17. The molecule has 1 amide bonds. The van der Waals surface area contributed by atoms with E-state index in [0.717, 1.165) is 48.4 Å². The van der Waals surface area contributed by atoms with Crippen LogP contribution in [0, 0.1) is 10.1 Å². The number of benzene rings is 2. The fraction of sp³-hybridized carbons (Fsp3) is 0.536. The zero-order valence-electron chi connectivity index (χ0n) is 22.4. The molecule has 5 rings (SSSR count). The number of nitro benzene ring substituents is 1. The maximum atomic E-state index is 13.3. The number of nitro groups is 1. The molecular weight excluding hydrogens is 609 g/mol. The summed E-state index contributed by atoms with van der Waals surface area (Å²) in [6.45, 7) is 3.66. The van der Waals surface area contributed by atoms with E-state index in [1.165, 1.54) is 11.6 Å². The second-order valence-electron chi connectivity index (χ2n) is 10.8. The van der Waals surface area contributed by atoms with Crippen LogP contribution in [-0.4, -0.2) is 78.2 Å². The number of halogens is 4. The van der Waals surface area contributed by atoms with E-state index < -0.39 is 22.4 Å². The lowest BCUT2D eigenvalue weighted by Crippen LogP contribution is -2.51. The van der Waals surface area contributed by atoms with E-state index in [9.17, 15) is 28.1 Å². The number of nitrogens with zero attached hydrogens (tertiary/aromatic N) is 3. The molecular formula is C28H32BrF3N4O5. The second kappa shape index (κ2) is 12.5. The zero-order valence-corrected chi connectivity index (χ0v) is 24.0. The summed E-state index contributed by atoms with van der Waals surface area (Å²) < 4.78 is 52.8. The van der Waals surface area contributed by atoms with Gasteiger partial charge >= 0.3 is 6.18 Å². The highest BCUT2D eigenvalue weighted by molar-refractivity contribution is 9.10. The van der Waals surface area contributed by atoms with Crippen LogP contribution in [-0.2, 0) is 22.1 Å². The third kappa shape index (κ3) is 7.49. The van der Waals surface area contributed by atoms with Crippen LogP contribution in [0.15, 0.2) is 40.9 Å². The zero-order chi connectivity index (χ0) is 29.1. The predicted octanol–water partition coefficient (Wildman–Crippen LogP) is 5.26. The molecule has 0 bridgehead atoms. The van der Waals surface area contributed by atoms with Crippen LogP contribution in [0.2, 0.25) is 0 Å². The van der Waals surface area contributed by atoms with Crippen molar-refractivity contribution in [2.45, 2.75) is 56.5 Å². The van der Waals surface area contributed by atoms with E-state index >= 15 is 0 Å². The summed E-state index contributed by atoms with van der Waals surface area (Å²) in [5, 5.41) is 14.0. The Balaban J connectivity index is 1.00. The molecule has 41 heavy (non-hydrogen) atoms. The lowest BCUT2D eigenvalue weighted by molar-refractivity contribution is -0.388. The maximum Gasteiger partial charge on any atom is 0.423 e. The first-order valence-electron chi connectivity index (χ1n) is 13.7. The number of nitrogens with one attached hydrogen (secondary N) is 1. The summed E-state index contributed by atoms with van der Waals surface area (Å²) in [6.07, 6.45) is -1.29. The molecule has 9 nitrogen and oxygen atoms in total. The number of hydrogen-bond donors (Lipinski definition) is 1. The molecule has 1 aliphatic carbocycles. The molecule has 0 aromatic heterocycles. The van der Waals surface area contributed by atoms with Crippen molar-refractivity contribution in [3.05, 3.63) is 62.1 Å². The van der Waals surface area contributed by atoms with E-state index in [4.69, 9.17) is 9.47 Å². The van der Waals surface area contributed by atoms with Crippen molar-refractivity contribution >= 4 is 33.2 Å². The molecule has 1 atom stereocenters. The molecule has 1 saturated heterocycles. The molecule has 13 heteroatoms. The summed E-state index contributed by atoms with van der Waals surface area (Å²) in [6, 6.07) is 8.96. The Bertz CT molecular complexity index is 1260. The predicted molar refractivity (Wildman–Crippen MR) is 149 cm³/mol. The first kappa shape index (κ1) is 29.6. The van der Waals surface area contributed by atoms with Crippen LogP contribution >= 0.6 is 15.9 Å². The van der Waals surface area contributed by atoms with Crippen LogP contribution < -0.4 is 10.1 Å². The minimum atomic E-state index is -4.82. The van der Waals surface area contributed by atoms with Crippen molar-refractivity contribution in [2.75, 3.05) is 44.6 Å². The first-order chi connectivity index (χ1) is 19.5. The van der Waals surface area contributed by atoms with Crippen LogP contribution in [0.5, 0.6) is 5.75 Å². The largest absolute Gasteiger partial charge is 0.488 e. The van der Waals surface area contributed by atoms with Gasteiger partial charge in [0, 0.05) is 61.4 Å². The van der Waals surface area contributed by atoms with Crippen molar-refractivity contribution in [3.63, 3.8) is 0 Å². The fourth-order valence-electron chi connectivity index (χ4n) is 5.76. The van der Waals surface area contributed by atoms with Crippen LogP contribution in [0.4, 0.5) is 24.5 Å². The molecule has 1 saturated carbocycles. The highest BCUT2D eigenvalue weighted by atomic mass is 79.9. The molecule has 1 N–H and O–H groups in total. The minimum absolute atomic E-state index is 0.00990. The number of carbonyl (C=O) groups excluding carboxylic acids is 1. The summed E-state index contributed by atoms with van der Waals surface area (Å²) in [5.74, 6) is 0.903. The van der Waals surface area contributed by atoms with Gasteiger partial charge in [-0.3, -0.25) is 19.8 Å². The summed E-state index contributed by atoms with van der Waals surface area (Å²) in [4.78, 5) is 26.9. The van der Waals surface area contributed by atoms with Gasteiger partial charge in [-0.2, -0.15) is 13.2 Å². The normalized spacial score (nSPS) is 23.1. The number of alkyl halides is 3. The van der Waals surface area contributed by atoms with E-state index in [-0.39, 0.29) is 36.5 Å². The number of amides is 1. The molecule has 2 aromatic carbocycles. The number of carbonyl (C=O) groups is 1. The molecule has 2 aliphatic heterocycles. The monoisotopic (exact) mass is 640 g/mol. The topological polar surface area (TPSA) is 97.2 Å². The van der Waals surface area contributed by atoms with Gasteiger partial charge in [-0.05, 0) is 61.6 Å². The number of piperazine rings is 1. The summed E-state index contributed by atoms with van der Waals surface area (Å²) >= 11 is 3.50. The number of fused-ring (bicyclic) bond motifs is 1. The van der Waals surface area contributed by atoms with Gasteiger partial charge in [-0.1, -0.05) is 15.9 Å². The summed E-state index contributed by atoms with van der Waals surface area (Å²) in [5.41, 5.74) is -0.830. The van der Waals surface area contributed by atoms with Crippen molar-refractivity contribution < 1.29 is 32.4 Å². The molecule has 0 radical (unpaired) electrons. The van der Waals surface area contributed by atoms with E-state index in [1.54, 1.807) is 0 Å². The van der Waals surface area contributed by atoms with Gasteiger partial charge in [0.2, 0.25) is 5.91 Å². The van der Waals surface area contributed by atoms with Gasteiger partial charge in [0.05, 0.1) is 11.0 Å². The lowest BCUT2D eigenvalue weighted by Gasteiger charge is -2.36. The Labute approximate surface area is 244 Å². The smallest absolute Gasteiger partial charge is 0.423 e. The molecule has 1 unspecified atom stereocenters. The van der Waals surface area contributed by atoms with E-state index in [1.807, 2.05) is 17.0 Å². The third-order valence-electron chi connectivity index (χ3n) is 7.94. The molecule has 222 valence electrons. The number of hydrogen-bond acceptors (Lipinski definition) is 7. The van der Waals surface area contributed by atoms with Gasteiger partial charge in [-0.25, -0.2) is 0 Å². The van der Waals surface area contributed by atoms with Crippen molar-refractivity contribution in [1.29, 1.82) is 0 Å². The molecule has 0 spiro atoms. The van der Waals surface area contributed by atoms with E-state index in [0.29, 0.717) is 38.8 Å². The highest BCUT2D eigenvalue weighted by Crippen LogP contribution is 2.38. The third-order valence-corrected chi connectivity index (χ3v) is 8.43. The Morgan fingerprint density at radius 2 is 1.83 bits per heavy atom. The van der Waals surface area contributed by atoms with Crippen molar-refractivity contribution in [2.24, 2.45) is 0 Å². The Kier molecular flexibility index (Phi) is 9.05. The van der Waals surface area contributed by atoms with Gasteiger partial charge in [0.25, 0.3) is 5.69 Å².